The number of amides is 1. The second kappa shape index (κ2) is 11.6. The number of hydrogen-bond acceptors (Lipinski definition) is 7. The zero-order chi connectivity index (χ0) is 27.2. The molecule has 0 unspecified atom stereocenters. The molecule has 1 amide bonds. The molecule has 2 N–H and O–H groups in total. The van der Waals surface area contributed by atoms with Crippen LogP contribution in [0.1, 0.15) is 12.5 Å². The highest BCUT2D eigenvalue weighted by Gasteiger charge is 2.27. The minimum atomic E-state index is -3.35. The molecule has 9 nitrogen and oxygen atoms in total. The molecule has 39 heavy (non-hydrogen) atoms. The van der Waals surface area contributed by atoms with Crippen molar-refractivity contribution in [2.45, 2.75) is 12.7 Å². The van der Waals surface area contributed by atoms with Crippen molar-refractivity contribution in [3.63, 3.8) is 0 Å². The lowest BCUT2D eigenvalue weighted by molar-refractivity contribution is -0.114. The van der Waals surface area contributed by atoms with Crippen molar-refractivity contribution in [2.24, 2.45) is 0 Å². The fourth-order valence-corrected chi connectivity index (χ4v) is 6.01. The fraction of sp³-hybridized carbons (Fsp3) is 0.207. The van der Waals surface area contributed by atoms with Crippen molar-refractivity contribution < 1.29 is 13.2 Å². The third-order valence-electron chi connectivity index (χ3n) is 6.47. The predicted molar refractivity (Wildman–Crippen MR) is 154 cm³/mol. The van der Waals surface area contributed by atoms with Crippen LogP contribution in [0.3, 0.4) is 0 Å². The maximum Gasteiger partial charge on any atom is 0.227 e. The Kier molecular flexibility index (Phi) is 7.85. The molecule has 0 aliphatic carbocycles. The largest absolute Gasteiger partial charge is 0.369 e. The first kappa shape index (κ1) is 26.3. The van der Waals surface area contributed by atoms with Crippen LogP contribution in [0.4, 0.5) is 23.0 Å². The van der Waals surface area contributed by atoms with Crippen LogP contribution in [0.2, 0.25) is 0 Å². The highest BCUT2D eigenvalue weighted by molar-refractivity contribution is 7.88. The molecule has 5 rings (SSSR count). The van der Waals surface area contributed by atoms with Gasteiger partial charge in [0.25, 0.3) is 0 Å². The normalized spacial score (nSPS) is 14.1. The Balaban J connectivity index is 1.18. The number of benzene rings is 3. The Morgan fingerprint density at radius 1 is 0.846 bits per heavy atom. The number of anilines is 4. The smallest absolute Gasteiger partial charge is 0.227 e. The number of piperazine rings is 1. The molecule has 0 spiro atoms. The van der Waals surface area contributed by atoms with Gasteiger partial charge in [0, 0.05) is 61.9 Å². The van der Waals surface area contributed by atoms with E-state index in [0.717, 1.165) is 33.9 Å². The maximum atomic E-state index is 12.9. The van der Waals surface area contributed by atoms with Crippen LogP contribution < -0.4 is 15.5 Å². The highest BCUT2D eigenvalue weighted by atomic mass is 32.2. The second-order valence-electron chi connectivity index (χ2n) is 9.32. The summed E-state index contributed by atoms with van der Waals surface area (Å²) in [7, 11) is -3.35. The van der Waals surface area contributed by atoms with Crippen molar-refractivity contribution in [1.29, 1.82) is 0 Å². The molecule has 0 bridgehead atoms. The van der Waals surface area contributed by atoms with Crippen molar-refractivity contribution >= 4 is 38.9 Å². The lowest BCUT2D eigenvalue weighted by atomic mass is 10.1. The SMILES string of the molecule is CC(=O)Nc1ccc(-c2ccnc(Nc3ccc(N4CCN(S(=O)(=O)Cc5ccccc5)CC4)cc3)n2)cc1. The summed E-state index contributed by atoms with van der Waals surface area (Å²) in [5.74, 6) is 0.389. The molecule has 0 atom stereocenters. The molecule has 200 valence electrons. The first-order valence-corrected chi connectivity index (χ1v) is 14.3. The van der Waals surface area contributed by atoms with E-state index in [9.17, 15) is 13.2 Å². The summed E-state index contributed by atoms with van der Waals surface area (Å²) in [6.45, 7) is 3.66. The van der Waals surface area contributed by atoms with Crippen LogP contribution in [-0.4, -0.2) is 54.8 Å². The number of rotatable bonds is 8. The zero-order valence-corrected chi connectivity index (χ0v) is 22.4. The molecule has 1 saturated heterocycles. The quantitative estimate of drug-likeness (QED) is 0.338. The van der Waals surface area contributed by atoms with Gasteiger partial charge in [0.15, 0.2) is 0 Å². The van der Waals surface area contributed by atoms with E-state index in [0.29, 0.717) is 32.1 Å². The van der Waals surface area contributed by atoms with Crippen LogP contribution in [-0.2, 0) is 20.6 Å². The predicted octanol–water partition coefficient (Wildman–Crippen LogP) is 4.50. The molecule has 3 aromatic carbocycles. The fourth-order valence-electron chi connectivity index (χ4n) is 4.49. The van der Waals surface area contributed by atoms with E-state index in [1.54, 1.807) is 10.5 Å². The third kappa shape index (κ3) is 6.78. The number of carbonyl (C=O) groups excluding carboxylic acids is 1. The van der Waals surface area contributed by atoms with E-state index in [2.05, 4.69) is 25.5 Å². The summed E-state index contributed by atoms with van der Waals surface area (Å²) < 4.78 is 27.3. The first-order chi connectivity index (χ1) is 18.9. The van der Waals surface area contributed by atoms with Crippen molar-refractivity contribution in [1.82, 2.24) is 14.3 Å². The minimum Gasteiger partial charge on any atom is -0.369 e. The van der Waals surface area contributed by atoms with Crippen molar-refractivity contribution in [3.05, 3.63) is 96.7 Å². The summed E-state index contributed by atoms with van der Waals surface area (Å²) in [4.78, 5) is 22.4. The molecular formula is C29H30N6O3S. The second-order valence-corrected chi connectivity index (χ2v) is 11.3. The van der Waals surface area contributed by atoms with E-state index in [1.165, 1.54) is 6.92 Å². The maximum absolute atomic E-state index is 12.9. The van der Waals surface area contributed by atoms with Crippen molar-refractivity contribution in [3.8, 4) is 11.3 Å². The molecule has 4 aromatic rings. The van der Waals surface area contributed by atoms with Gasteiger partial charge in [-0.2, -0.15) is 4.31 Å². The van der Waals surface area contributed by atoms with Gasteiger partial charge in [-0.1, -0.05) is 42.5 Å². The van der Waals surface area contributed by atoms with Crippen LogP contribution in [0.5, 0.6) is 0 Å². The molecule has 0 radical (unpaired) electrons. The molecular weight excluding hydrogens is 512 g/mol. The summed E-state index contributed by atoms with van der Waals surface area (Å²) in [6, 6.07) is 26.6. The Morgan fingerprint density at radius 3 is 2.18 bits per heavy atom. The highest BCUT2D eigenvalue weighted by Crippen LogP contribution is 2.24. The van der Waals surface area contributed by atoms with Gasteiger partial charge < -0.3 is 15.5 Å². The van der Waals surface area contributed by atoms with Crippen LogP contribution in [0.15, 0.2) is 91.1 Å². The van der Waals surface area contributed by atoms with Gasteiger partial charge >= 0.3 is 0 Å². The lowest BCUT2D eigenvalue weighted by Crippen LogP contribution is -2.49. The molecule has 1 aliphatic rings. The monoisotopic (exact) mass is 542 g/mol. The number of nitrogens with zero attached hydrogens (tertiary/aromatic N) is 4. The van der Waals surface area contributed by atoms with Gasteiger partial charge in [0.1, 0.15) is 0 Å². The van der Waals surface area contributed by atoms with Gasteiger partial charge in [-0.25, -0.2) is 18.4 Å². The molecule has 1 aliphatic heterocycles. The van der Waals surface area contributed by atoms with Gasteiger partial charge in [-0.3, -0.25) is 4.79 Å². The molecule has 10 heteroatoms. The first-order valence-electron chi connectivity index (χ1n) is 12.7. The molecule has 0 saturated carbocycles. The van der Waals surface area contributed by atoms with Crippen molar-refractivity contribution in [2.75, 3.05) is 41.7 Å². The van der Waals surface area contributed by atoms with Crippen LogP contribution in [0.25, 0.3) is 11.3 Å². The number of sulfonamides is 1. The average Bonchev–Trinajstić information content (AvgIpc) is 2.94. The average molecular weight is 543 g/mol. The zero-order valence-electron chi connectivity index (χ0n) is 21.6. The summed E-state index contributed by atoms with van der Waals surface area (Å²) in [6.07, 6.45) is 1.70. The van der Waals surface area contributed by atoms with E-state index in [1.807, 2.05) is 84.9 Å². The Bertz CT molecular complexity index is 1520. The number of nitrogens with one attached hydrogen (secondary N) is 2. The molecule has 1 fully saturated rings. The Hall–Kier alpha value is -4.28. The van der Waals surface area contributed by atoms with E-state index in [-0.39, 0.29) is 11.7 Å². The van der Waals surface area contributed by atoms with Gasteiger partial charge in [0.05, 0.1) is 11.4 Å². The Labute approximate surface area is 228 Å². The van der Waals surface area contributed by atoms with E-state index >= 15 is 0 Å². The summed E-state index contributed by atoms with van der Waals surface area (Å²) in [5, 5.41) is 6.00. The number of hydrogen-bond donors (Lipinski definition) is 2. The number of aromatic nitrogens is 2. The van der Waals surface area contributed by atoms with E-state index < -0.39 is 10.0 Å². The lowest BCUT2D eigenvalue weighted by Gasteiger charge is -2.35. The molecule has 2 heterocycles. The van der Waals surface area contributed by atoms with E-state index in [4.69, 9.17) is 0 Å². The topological polar surface area (TPSA) is 108 Å². The summed E-state index contributed by atoms with van der Waals surface area (Å²) in [5.41, 5.74) is 5.09. The van der Waals surface area contributed by atoms with Crippen LogP contribution in [0, 0.1) is 0 Å². The van der Waals surface area contributed by atoms with Gasteiger partial charge in [-0.05, 0) is 48.0 Å². The minimum absolute atomic E-state index is 0.0276. The van der Waals surface area contributed by atoms with Gasteiger partial charge in [0.2, 0.25) is 21.9 Å². The molecule has 1 aromatic heterocycles. The summed E-state index contributed by atoms with van der Waals surface area (Å²) >= 11 is 0. The Morgan fingerprint density at radius 2 is 1.51 bits per heavy atom. The number of carbonyl (C=O) groups is 1. The third-order valence-corrected chi connectivity index (χ3v) is 8.32. The van der Waals surface area contributed by atoms with Gasteiger partial charge in [-0.15, -0.1) is 0 Å². The van der Waals surface area contributed by atoms with Crippen LogP contribution >= 0.6 is 0 Å². The standard InChI is InChI=1S/C29H30N6O3S/c1-22(36)31-25-9-7-24(8-10-25)28-15-16-30-29(33-28)32-26-11-13-27(14-12-26)34-17-19-35(20-18-34)39(37,38)21-23-5-3-2-4-6-23/h2-16H,17-21H2,1H3,(H,31,36)(H,30,32,33).